The van der Waals surface area contributed by atoms with Gasteiger partial charge in [-0.3, -0.25) is 0 Å². The molecule has 3 heteroatoms. The van der Waals surface area contributed by atoms with Crippen molar-refractivity contribution in [2.75, 3.05) is 0 Å². The fourth-order valence-corrected chi connectivity index (χ4v) is 1.40. The molecule has 0 aromatic carbocycles. The second kappa shape index (κ2) is 4.14. The highest BCUT2D eigenvalue weighted by atomic mass is 19.1. The summed E-state index contributed by atoms with van der Waals surface area (Å²) in [6, 6.07) is 4.46. The molecule has 2 rings (SSSR count). The van der Waals surface area contributed by atoms with Gasteiger partial charge in [-0.2, -0.15) is 9.37 Å². The molecule has 1 aromatic rings. The van der Waals surface area contributed by atoms with Gasteiger partial charge in [0.2, 0.25) is 11.8 Å². The van der Waals surface area contributed by atoms with E-state index >= 15 is 0 Å². The summed E-state index contributed by atoms with van der Waals surface area (Å²) in [5, 5.41) is 0. The molecule has 1 atom stereocenters. The van der Waals surface area contributed by atoms with Gasteiger partial charge in [0.1, 0.15) is 5.76 Å². The number of aromatic nitrogens is 1. The molecule has 0 amide bonds. The minimum atomic E-state index is -0.541. The SMILES string of the molecule is C#CC[C@H]1CC=C1Oc1cccc(F)n1. The maximum atomic E-state index is 12.7. The van der Waals surface area contributed by atoms with Crippen LogP contribution in [0.3, 0.4) is 0 Å². The highest BCUT2D eigenvalue weighted by Gasteiger charge is 2.23. The average Bonchev–Trinajstić information content (AvgIpc) is 2.21. The standard InChI is InChI=1S/C12H10FNO/c1-2-4-9-7-8-10(9)15-12-6-3-5-11(13)14-12/h1,3,5-6,8-9H,4,7H2/t9-/m0/s1. The van der Waals surface area contributed by atoms with Gasteiger partial charge < -0.3 is 4.74 Å². The largest absolute Gasteiger partial charge is 0.443 e. The third kappa shape index (κ3) is 2.16. The first-order valence-corrected chi connectivity index (χ1v) is 4.73. The number of hydrogen-bond donors (Lipinski definition) is 0. The molecule has 0 N–H and O–H groups in total. The Hall–Kier alpha value is -1.82. The first-order valence-electron chi connectivity index (χ1n) is 4.73. The minimum absolute atomic E-state index is 0.264. The van der Waals surface area contributed by atoms with Gasteiger partial charge in [-0.15, -0.1) is 12.3 Å². The molecule has 1 heterocycles. The molecule has 1 aliphatic carbocycles. The van der Waals surface area contributed by atoms with Gasteiger partial charge in [0, 0.05) is 18.4 Å². The van der Waals surface area contributed by atoms with E-state index in [1.165, 1.54) is 6.07 Å². The van der Waals surface area contributed by atoms with Crippen molar-refractivity contribution in [3.05, 3.63) is 36.0 Å². The topological polar surface area (TPSA) is 22.1 Å². The fourth-order valence-electron chi connectivity index (χ4n) is 1.40. The molecule has 1 aliphatic rings. The Bertz CT molecular complexity index is 433. The Balaban J connectivity index is 2.02. The molecule has 0 spiro atoms. The van der Waals surface area contributed by atoms with Crippen LogP contribution >= 0.6 is 0 Å². The molecule has 15 heavy (non-hydrogen) atoms. The van der Waals surface area contributed by atoms with Gasteiger partial charge in [0.05, 0.1) is 0 Å². The highest BCUT2D eigenvalue weighted by molar-refractivity contribution is 5.21. The van der Waals surface area contributed by atoms with Crippen LogP contribution in [0.4, 0.5) is 4.39 Å². The highest BCUT2D eigenvalue weighted by Crippen LogP contribution is 2.31. The predicted octanol–water partition coefficient (Wildman–Crippen LogP) is 2.53. The molecule has 0 radical (unpaired) electrons. The lowest BCUT2D eigenvalue weighted by Gasteiger charge is -2.24. The van der Waals surface area contributed by atoms with Crippen molar-refractivity contribution in [1.29, 1.82) is 0 Å². The fraction of sp³-hybridized carbons (Fsp3) is 0.250. The summed E-state index contributed by atoms with van der Waals surface area (Å²) in [7, 11) is 0. The number of pyridine rings is 1. The smallest absolute Gasteiger partial charge is 0.221 e. The van der Waals surface area contributed by atoms with E-state index in [0.717, 1.165) is 12.2 Å². The average molecular weight is 203 g/mol. The second-order valence-corrected chi connectivity index (χ2v) is 3.35. The third-order valence-electron chi connectivity index (χ3n) is 2.28. The Kier molecular flexibility index (Phi) is 2.68. The van der Waals surface area contributed by atoms with Crippen molar-refractivity contribution in [3.63, 3.8) is 0 Å². The van der Waals surface area contributed by atoms with Crippen LogP contribution < -0.4 is 4.74 Å². The van der Waals surface area contributed by atoms with Crippen LogP contribution in [0.2, 0.25) is 0 Å². The first-order chi connectivity index (χ1) is 7.29. The molecule has 0 saturated carbocycles. The third-order valence-corrected chi connectivity index (χ3v) is 2.28. The zero-order chi connectivity index (χ0) is 10.7. The monoisotopic (exact) mass is 203 g/mol. The zero-order valence-corrected chi connectivity index (χ0v) is 8.11. The molecular weight excluding hydrogens is 193 g/mol. The second-order valence-electron chi connectivity index (χ2n) is 3.35. The first kappa shape index (κ1) is 9.72. The van der Waals surface area contributed by atoms with Gasteiger partial charge in [0.25, 0.3) is 0 Å². The van der Waals surface area contributed by atoms with Crippen LogP contribution in [-0.2, 0) is 0 Å². The number of nitrogens with zero attached hydrogens (tertiary/aromatic N) is 1. The Labute approximate surface area is 87.8 Å². The maximum Gasteiger partial charge on any atom is 0.221 e. The lowest BCUT2D eigenvalue weighted by Crippen LogP contribution is -2.17. The van der Waals surface area contributed by atoms with Gasteiger partial charge in [0.15, 0.2) is 0 Å². The molecule has 1 aromatic heterocycles. The van der Waals surface area contributed by atoms with E-state index in [0.29, 0.717) is 6.42 Å². The summed E-state index contributed by atoms with van der Waals surface area (Å²) in [5.41, 5.74) is 0. The van der Waals surface area contributed by atoms with Crippen molar-refractivity contribution >= 4 is 0 Å². The summed E-state index contributed by atoms with van der Waals surface area (Å²) in [6.07, 6.45) is 8.73. The molecule has 0 bridgehead atoms. The van der Waals surface area contributed by atoms with Gasteiger partial charge in [-0.05, 0) is 18.6 Å². The zero-order valence-electron chi connectivity index (χ0n) is 8.11. The molecule has 0 fully saturated rings. The molecule has 0 aliphatic heterocycles. The van der Waals surface area contributed by atoms with Crippen molar-refractivity contribution in [3.8, 4) is 18.2 Å². The van der Waals surface area contributed by atoms with Crippen LogP contribution in [0.15, 0.2) is 30.0 Å². The van der Waals surface area contributed by atoms with Crippen molar-refractivity contribution in [1.82, 2.24) is 4.98 Å². The van der Waals surface area contributed by atoms with E-state index in [1.54, 1.807) is 12.1 Å². The molecule has 76 valence electrons. The Morgan fingerprint density at radius 1 is 1.60 bits per heavy atom. The van der Waals surface area contributed by atoms with Gasteiger partial charge in [-0.1, -0.05) is 6.07 Å². The van der Waals surface area contributed by atoms with E-state index in [-0.39, 0.29) is 11.8 Å². The summed E-state index contributed by atoms with van der Waals surface area (Å²) >= 11 is 0. The lowest BCUT2D eigenvalue weighted by atomic mass is 9.89. The summed E-state index contributed by atoms with van der Waals surface area (Å²) < 4.78 is 18.2. The van der Waals surface area contributed by atoms with E-state index in [9.17, 15) is 4.39 Å². The number of terminal acetylenes is 1. The Morgan fingerprint density at radius 3 is 3.07 bits per heavy atom. The summed E-state index contributed by atoms with van der Waals surface area (Å²) in [5.74, 6) is 3.38. The van der Waals surface area contributed by atoms with E-state index in [1.807, 2.05) is 6.08 Å². The summed E-state index contributed by atoms with van der Waals surface area (Å²) in [6.45, 7) is 0. The predicted molar refractivity (Wildman–Crippen MR) is 54.5 cm³/mol. The number of allylic oxidation sites excluding steroid dienone is 2. The van der Waals surface area contributed by atoms with Crippen LogP contribution in [-0.4, -0.2) is 4.98 Å². The molecule has 0 unspecified atom stereocenters. The van der Waals surface area contributed by atoms with Gasteiger partial charge in [-0.25, -0.2) is 0 Å². The van der Waals surface area contributed by atoms with Crippen LogP contribution in [0, 0.1) is 24.2 Å². The van der Waals surface area contributed by atoms with Crippen molar-refractivity contribution in [2.24, 2.45) is 5.92 Å². The van der Waals surface area contributed by atoms with E-state index in [2.05, 4.69) is 10.9 Å². The number of hydrogen-bond acceptors (Lipinski definition) is 2. The van der Waals surface area contributed by atoms with Crippen molar-refractivity contribution < 1.29 is 9.13 Å². The minimum Gasteiger partial charge on any atom is -0.443 e. The number of rotatable bonds is 3. The van der Waals surface area contributed by atoms with Crippen LogP contribution in [0.25, 0.3) is 0 Å². The van der Waals surface area contributed by atoms with Gasteiger partial charge >= 0.3 is 0 Å². The lowest BCUT2D eigenvalue weighted by molar-refractivity contribution is 0.301. The van der Waals surface area contributed by atoms with Crippen LogP contribution in [0.1, 0.15) is 12.8 Å². The quantitative estimate of drug-likeness (QED) is 0.556. The normalized spacial score (nSPS) is 18.7. The Morgan fingerprint density at radius 2 is 2.47 bits per heavy atom. The molecular formula is C12H10FNO. The molecule has 0 saturated heterocycles. The summed E-state index contributed by atoms with van der Waals surface area (Å²) in [4.78, 5) is 3.61. The maximum absolute atomic E-state index is 12.7. The van der Waals surface area contributed by atoms with E-state index < -0.39 is 5.95 Å². The number of halogens is 1. The van der Waals surface area contributed by atoms with E-state index in [4.69, 9.17) is 11.2 Å². The number of ether oxygens (including phenoxy) is 1. The molecule has 2 nitrogen and oxygen atoms in total. The van der Waals surface area contributed by atoms with Crippen LogP contribution in [0.5, 0.6) is 5.88 Å². The van der Waals surface area contributed by atoms with Crippen molar-refractivity contribution in [2.45, 2.75) is 12.8 Å².